The van der Waals surface area contributed by atoms with Crippen molar-refractivity contribution in [3.8, 4) is 0 Å². The third kappa shape index (κ3) is 8.20. The van der Waals surface area contributed by atoms with E-state index in [9.17, 15) is 9.90 Å². The van der Waals surface area contributed by atoms with Crippen molar-refractivity contribution in [3.05, 3.63) is 0 Å². The summed E-state index contributed by atoms with van der Waals surface area (Å²) in [5.41, 5.74) is -0.649. The van der Waals surface area contributed by atoms with Crippen LogP contribution in [0.15, 0.2) is 0 Å². The largest absolute Gasteiger partial charge is 0.389 e. The minimum absolute atomic E-state index is 0.321. The van der Waals surface area contributed by atoms with Crippen molar-refractivity contribution in [2.24, 2.45) is 0 Å². The molecule has 0 rings (SSSR count). The fraction of sp³-hybridized carbons (Fsp3) is 0.909. The molecule has 0 aromatic carbocycles. The summed E-state index contributed by atoms with van der Waals surface area (Å²) >= 11 is 0. The minimum Gasteiger partial charge on any atom is -0.389 e. The van der Waals surface area contributed by atoms with Crippen LogP contribution < -0.4 is 0 Å². The Morgan fingerprint density at radius 1 is 1.43 bits per heavy atom. The number of rotatable bonds is 7. The highest BCUT2D eigenvalue weighted by atomic mass is 16.3. The standard InChI is InChI=1S/C11H23NO2/c1-5-10(13)7-6-8-12(4)9-11(2,3)14/h14H,5-9H2,1-4H3. The maximum Gasteiger partial charge on any atom is 0.132 e. The van der Waals surface area contributed by atoms with E-state index in [0.29, 0.717) is 25.2 Å². The van der Waals surface area contributed by atoms with Gasteiger partial charge in [0.1, 0.15) is 5.78 Å². The maximum atomic E-state index is 11.0. The van der Waals surface area contributed by atoms with E-state index < -0.39 is 5.60 Å². The van der Waals surface area contributed by atoms with Crippen molar-refractivity contribution in [1.29, 1.82) is 0 Å². The highest BCUT2D eigenvalue weighted by molar-refractivity contribution is 5.77. The smallest absolute Gasteiger partial charge is 0.132 e. The van der Waals surface area contributed by atoms with Crippen molar-refractivity contribution in [3.63, 3.8) is 0 Å². The van der Waals surface area contributed by atoms with Crippen molar-refractivity contribution in [2.45, 2.75) is 45.6 Å². The van der Waals surface area contributed by atoms with Crippen molar-refractivity contribution in [1.82, 2.24) is 4.90 Å². The molecule has 84 valence electrons. The lowest BCUT2D eigenvalue weighted by molar-refractivity contribution is -0.118. The predicted octanol–water partition coefficient (Wildman–Crippen LogP) is 1.45. The van der Waals surface area contributed by atoms with E-state index in [-0.39, 0.29) is 0 Å². The first-order chi connectivity index (χ1) is 6.35. The molecule has 0 atom stereocenters. The summed E-state index contributed by atoms with van der Waals surface area (Å²) in [6.07, 6.45) is 2.18. The van der Waals surface area contributed by atoms with E-state index in [0.717, 1.165) is 13.0 Å². The monoisotopic (exact) mass is 201 g/mol. The molecule has 1 N–H and O–H groups in total. The molecule has 0 saturated carbocycles. The second-order valence-electron chi connectivity index (χ2n) is 4.55. The summed E-state index contributed by atoms with van der Waals surface area (Å²) in [5.74, 6) is 0.321. The Bertz CT molecular complexity index is 173. The Kier molecular flexibility index (Phi) is 5.96. The molecule has 0 amide bonds. The molecule has 0 radical (unpaired) electrons. The van der Waals surface area contributed by atoms with Crippen LogP contribution in [0.2, 0.25) is 0 Å². The molecular weight excluding hydrogens is 178 g/mol. The lowest BCUT2D eigenvalue weighted by Crippen LogP contribution is -2.36. The molecule has 0 spiro atoms. The Hall–Kier alpha value is -0.410. The average molecular weight is 201 g/mol. The molecule has 3 heteroatoms. The number of hydrogen-bond donors (Lipinski definition) is 1. The van der Waals surface area contributed by atoms with Gasteiger partial charge in [-0.3, -0.25) is 4.79 Å². The van der Waals surface area contributed by atoms with Crippen LogP contribution in [-0.2, 0) is 4.79 Å². The van der Waals surface area contributed by atoms with Crippen LogP contribution in [0.1, 0.15) is 40.0 Å². The zero-order valence-electron chi connectivity index (χ0n) is 9.84. The Balaban J connectivity index is 3.54. The molecule has 3 nitrogen and oxygen atoms in total. The zero-order chi connectivity index (χ0) is 11.2. The molecule has 0 saturated heterocycles. The molecule has 0 aliphatic carbocycles. The van der Waals surface area contributed by atoms with Crippen LogP contribution in [-0.4, -0.2) is 41.5 Å². The van der Waals surface area contributed by atoms with Crippen LogP contribution in [0.5, 0.6) is 0 Å². The van der Waals surface area contributed by atoms with Gasteiger partial charge >= 0.3 is 0 Å². The maximum absolute atomic E-state index is 11.0. The molecular formula is C11H23NO2. The topological polar surface area (TPSA) is 40.5 Å². The number of carbonyl (C=O) groups is 1. The summed E-state index contributed by atoms with van der Waals surface area (Å²) in [7, 11) is 1.97. The molecule has 0 unspecified atom stereocenters. The Labute approximate surface area is 87.1 Å². The van der Waals surface area contributed by atoms with Crippen LogP contribution in [0.25, 0.3) is 0 Å². The summed E-state index contributed by atoms with van der Waals surface area (Å²) in [5, 5.41) is 9.53. The van der Waals surface area contributed by atoms with Crippen molar-refractivity contribution in [2.75, 3.05) is 20.1 Å². The third-order valence-corrected chi connectivity index (χ3v) is 2.05. The molecule has 0 bridgehead atoms. The van der Waals surface area contributed by atoms with Crippen LogP contribution in [0.4, 0.5) is 0 Å². The summed E-state index contributed by atoms with van der Waals surface area (Å²) in [6.45, 7) is 6.99. The van der Waals surface area contributed by atoms with Gasteiger partial charge in [0.15, 0.2) is 0 Å². The first-order valence-electron chi connectivity index (χ1n) is 5.28. The van der Waals surface area contributed by atoms with Gasteiger partial charge in [0.25, 0.3) is 0 Å². The molecule has 0 aromatic heterocycles. The first kappa shape index (κ1) is 13.6. The van der Waals surface area contributed by atoms with Crippen molar-refractivity contribution < 1.29 is 9.90 Å². The Morgan fingerprint density at radius 2 is 2.00 bits per heavy atom. The fourth-order valence-corrected chi connectivity index (χ4v) is 1.46. The Morgan fingerprint density at radius 3 is 2.43 bits per heavy atom. The second kappa shape index (κ2) is 6.14. The lowest BCUT2D eigenvalue weighted by Gasteiger charge is -2.25. The second-order valence-corrected chi connectivity index (χ2v) is 4.55. The fourth-order valence-electron chi connectivity index (χ4n) is 1.46. The van der Waals surface area contributed by atoms with Crippen LogP contribution in [0, 0.1) is 0 Å². The molecule has 0 aromatic rings. The molecule has 0 aliphatic heterocycles. The number of ketones is 1. The van der Waals surface area contributed by atoms with Gasteiger partial charge in [-0.2, -0.15) is 0 Å². The minimum atomic E-state index is -0.649. The van der Waals surface area contributed by atoms with E-state index in [1.54, 1.807) is 13.8 Å². The van der Waals surface area contributed by atoms with Crippen molar-refractivity contribution >= 4 is 5.78 Å². The predicted molar refractivity (Wildman–Crippen MR) is 58.3 cm³/mol. The number of aliphatic hydroxyl groups is 1. The summed E-state index contributed by atoms with van der Waals surface area (Å²) < 4.78 is 0. The van der Waals surface area contributed by atoms with Gasteiger partial charge in [0, 0.05) is 19.4 Å². The quantitative estimate of drug-likeness (QED) is 0.677. The zero-order valence-corrected chi connectivity index (χ0v) is 9.84. The number of Topliss-reactive ketones (excluding diaryl/α,β-unsaturated/α-hetero) is 1. The number of hydrogen-bond acceptors (Lipinski definition) is 3. The number of nitrogens with zero attached hydrogens (tertiary/aromatic N) is 1. The highest BCUT2D eigenvalue weighted by Crippen LogP contribution is 2.04. The summed E-state index contributed by atoms with van der Waals surface area (Å²) in [4.78, 5) is 13.1. The van der Waals surface area contributed by atoms with Gasteiger partial charge < -0.3 is 10.0 Å². The third-order valence-electron chi connectivity index (χ3n) is 2.05. The first-order valence-corrected chi connectivity index (χ1v) is 5.28. The van der Waals surface area contributed by atoms with E-state index in [1.165, 1.54) is 0 Å². The van der Waals surface area contributed by atoms with Gasteiger partial charge in [-0.25, -0.2) is 0 Å². The summed E-state index contributed by atoms with van der Waals surface area (Å²) in [6, 6.07) is 0. The normalized spacial score (nSPS) is 12.1. The van der Waals surface area contributed by atoms with E-state index >= 15 is 0 Å². The van der Waals surface area contributed by atoms with E-state index in [2.05, 4.69) is 4.90 Å². The van der Waals surface area contributed by atoms with Crippen LogP contribution >= 0.6 is 0 Å². The van der Waals surface area contributed by atoms with E-state index in [4.69, 9.17) is 0 Å². The lowest BCUT2D eigenvalue weighted by atomic mass is 10.1. The number of likely N-dealkylation sites (N-methyl/N-ethyl adjacent to an activating group) is 1. The van der Waals surface area contributed by atoms with Gasteiger partial charge in [0.2, 0.25) is 0 Å². The highest BCUT2D eigenvalue weighted by Gasteiger charge is 2.15. The van der Waals surface area contributed by atoms with E-state index in [1.807, 2.05) is 14.0 Å². The van der Waals surface area contributed by atoms with Gasteiger partial charge in [0.05, 0.1) is 5.60 Å². The molecule has 0 heterocycles. The number of carbonyl (C=O) groups excluding carboxylic acids is 1. The van der Waals surface area contributed by atoms with Gasteiger partial charge in [-0.15, -0.1) is 0 Å². The van der Waals surface area contributed by atoms with Gasteiger partial charge in [-0.05, 0) is 33.9 Å². The average Bonchev–Trinajstić information content (AvgIpc) is 2.00. The molecule has 14 heavy (non-hydrogen) atoms. The SMILES string of the molecule is CCC(=O)CCCN(C)CC(C)(C)O. The van der Waals surface area contributed by atoms with Gasteiger partial charge in [-0.1, -0.05) is 6.92 Å². The molecule has 0 aliphatic rings. The van der Waals surface area contributed by atoms with Crippen LogP contribution in [0.3, 0.4) is 0 Å². The molecule has 0 fully saturated rings.